The van der Waals surface area contributed by atoms with Crippen LogP contribution < -0.4 is 0 Å². The number of ether oxygens (including phenoxy) is 4. The van der Waals surface area contributed by atoms with Gasteiger partial charge < -0.3 is 23.4 Å². The molecule has 1 atom stereocenters. The summed E-state index contributed by atoms with van der Waals surface area (Å²) in [5.41, 5.74) is 0. The fraction of sp³-hybridized carbons (Fsp3) is 1.00. The van der Waals surface area contributed by atoms with Gasteiger partial charge in [-0.15, -0.1) is 0 Å². The van der Waals surface area contributed by atoms with Gasteiger partial charge in [-0.2, -0.15) is 0 Å². The molecule has 0 aromatic carbocycles. The molecule has 1 aliphatic carbocycles. The van der Waals surface area contributed by atoms with Crippen LogP contribution in [0.5, 0.6) is 0 Å². The summed E-state index contributed by atoms with van der Waals surface area (Å²) in [7, 11) is 8.24. The van der Waals surface area contributed by atoms with Crippen LogP contribution >= 0.6 is 0 Å². The molecule has 0 amide bonds. The van der Waals surface area contributed by atoms with Gasteiger partial charge in [0.15, 0.2) is 0 Å². The lowest BCUT2D eigenvalue weighted by atomic mass is 9.85. The second-order valence-corrected chi connectivity index (χ2v) is 11.5. The van der Waals surface area contributed by atoms with Gasteiger partial charge in [-0.25, -0.2) is 0 Å². The number of likely N-dealkylation sites (N-methyl/N-ethyl adjacent to an activating group) is 1. The lowest BCUT2D eigenvalue weighted by Gasteiger charge is -2.23. The van der Waals surface area contributed by atoms with Crippen LogP contribution in [0.1, 0.15) is 103 Å². The summed E-state index contributed by atoms with van der Waals surface area (Å²) < 4.78 is 23.5. The third kappa shape index (κ3) is 21.1. The molecule has 0 bridgehead atoms. The average Bonchev–Trinajstić information content (AvgIpc) is 2.82. The molecule has 0 aliphatic heterocycles. The number of hydrogen-bond acceptors (Lipinski definition) is 4. The molecule has 0 saturated heterocycles. The van der Waals surface area contributed by atoms with Crippen molar-refractivity contribution in [2.75, 3.05) is 74.4 Å². The van der Waals surface area contributed by atoms with Crippen molar-refractivity contribution in [3.63, 3.8) is 0 Å². The largest absolute Gasteiger partial charge is 0.379 e. The quantitative estimate of drug-likeness (QED) is 0.113. The molecule has 1 fully saturated rings. The van der Waals surface area contributed by atoms with E-state index < -0.39 is 0 Å². The van der Waals surface area contributed by atoms with Crippen LogP contribution in [0, 0.1) is 5.92 Å². The molecular weight excluding hydrogens is 426 g/mol. The van der Waals surface area contributed by atoms with Crippen molar-refractivity contribution in [1.29, 1.82) is 0 Å². The van der Waals surface area contributed by atoms with Gasteiger partial charge in [-0.3, -0.25) is 0 Å². The van der Waals surface area contributed by atoms with Gasteiger partial charge in [-0.05, 0) is 12.3 Å². The predicted molar refractivity (Wildman–Crippen MR) is 144 cm³/mol. The van der Waals surface area contributed by atoms with Crippen molar-refractivity contribution in [3.8, 4) is 0 Å². The van der Waals surface area contributed by atoms with E-state index >= 15 is 0 Å². The molecule has 0 heterocycles. The van der Waals surface area contributed by atoms with Crippen LogP contribution in [0.25, 0.3) is 0 Å². The van der Waals surface area contributed by atoms with Crippen LogP contribution in [0.4, 0.5) is 0 Å². The Balaban J connectivity index is 1.76. The Bertz CT molecular complexity index is 421. The van der Waals surface area contributed by atoms with E-state index in [9.17, 15) is 0 Å². The second kappa shape index (κ2) is 22.0. The SMILES string of the molecule is COC(COCCCCCCCCCCCCC1CCCCC1)COCCOCC[N+](C)(C)C. The Morgan fingerprint density at radius 2 is 1.15 bits per heavy atom. The molecule has 1 aliphatic rings. The molecule has 1 rings (SSSR count). The first-order valence-electron chi connectivity index (χ1n) is 14.6. The molecule has 0 spiro atoms. The van der Waals surface area contributed by atoms with Gasteiger partial charge in [0, 0.05) is 13.7 Å². The van der Waals surface area contributed by atoms with Crippen molar-refractivity contribution in [2.24, 2.45) is 5.92 Å². The van der Waals surface area contributed by atoms with E-state index in [-0.39, 0.29) is 6.10 Å². The van der Waals surface area contributed by atoms with Gasteiger partial charge in [0.25, 0.3) is 0 Å². The van der Waals surface area contributed by atoms with E-state index in [1.807, 2.05) is 0 Å². The molecule has 5 nitrogen and oxygen atoms in total. The average molecular weight is 487 g/mol. The van der Waals surface area contributed by atoms with E-state index in [4.69, 9.17) is 18.9 Å². The number of nitrogens with zero attached hydrogens (tertiary/aromatic N) is 1. The summed E-state index contributed by atoms with van der Waals surface area (Å²) in [5.74, 6) is 1.07. The summed E-state index contributed by atoms with van der Waals surface area (Å²) in [6, 6.07) is 0. The van der Waals surface area contributed by atoms with Gasteiger partial charge in [0.1, 0.15) is 12.6 Å². The van der Waals surface area contributed by atoms with Crippen molar-refractivity contribution >= 4 is 0 Å². The van der Waals surface area contributed by atoms with E-state index in [0.717, 1.165) is 36.6 Å². The van der Waals surface area contributed by atoms with Gasteiger partial charge >= 0.3 is 0 Å². The number of rotatable bonds is 24. The van der Waals surface area contributed by atoms with E-state index in [1.165, 1.54) is 96.3 Å². The highest BCUT2D eigenvalue weighted by molar-refractivity contribution is 4.65. The molecule has 204 valence electrons. The Hall–Kier alpha value is -0.200. The van der Waals surface area contributed by atoms with Crippen LogP contribution in [0.3, 0.4) is 0 Å². The zero-order chi connectivity index (χ0) is 24.7. The molecule has 5 heteroatoms. The van der Waals surface area contributed by atoms with Crippen LogP contribution in [0.15, 0.2) is 0 Å². The Labute approximate surface area is 212 Å². The highest BCUT2D eigenvalue weighted by Crippen LogP contribution is 2.28. The molecule has 0 aromatic rings. The third-order valence-corrected chi connectivity index (χ3v) is 7.10. The fourth-order valence-corrected chi connectivity index (χ4v) is 4.70. The molecule has 1 unspecified atom stereocenters. The second-order valence-electron chi connectivity index (χ2n) is 11.5. The number of methoxy groups -OCH3 is 1. The van der Waals surface area contributed by atoms with E-state index in [2.05, 4.69) is 21.1 Å². The van der Waals surface area contributed by atoms with Crippen molar-refractivity contribution in [3.05, 3.63) is 0 Å². The van der Waals surface area contributed by atoms with Crippen LogP contribution in [-0.2, 0) is 18.9 Å². The third-order valence-electron chi connectivity index (χ3n) is 7.10. The summed E-state index contributed by atoms with van der Waals surface area (Å²) in [6.45, 7) is 5.03. The van der Waals surface area contributed by atoms with E-state index in [0.29, 0.717) is 26.4 Å². The normalized spacial score (nSPS) is 16.2. The van der Waals surface area contributed by atoms with Crippen molar-refractivity contribution in [1.82, 2.24) is 0 Å². The summed E-state index contributed by atoms with van der Waals surface area (Å²) in [5, 5.41) is 0. The van der Waals surface area contributed by atoms with Crippen molar-refractivity contribution in [2.45, 2.75) is 109 Å². The topological polar surface area (TPSA) is 36.9 Å². The first-order valence-corrected chi connectivity index (χ1v) is 14.6. The maximum Gasteiger partial charge on any atom is 0.104 e. The number of quaternary nitrogens is 1. The smallest absolute Gasteiger partial charge is 0.104 e. The highest BCUT2D eigenvalue weighted by Gasteiger charge is 2.12. The Morgan fingerprint density at radius 3 is 1.74 bits per heavy atom. The van der Waals surface area contributed by atoms with Crippen LogP contribution in [-0.4, -0.2) is 85.0 Å². The molecule has 0 radical (unpaired) electrons. The summed E-state index contributed by atoms with van der Waals surface area (Å²) in [6.07, 6.45) is 22.8. The van der Waals surface area contributed by atoms with Crippen LogP contribution in [0.2, 0.25) is 0 Å². The lowest BCUT2D eigenvalue weighted by molar-refractivity contribution is -0.870. The first-order chi connectivity index (χ1) is 16.5. The van der Waals surface area contributed by atoms with Gasteiger partial charge in [0.2, 0.25) is 0 Å². The minimum atomic E-state index is 0.00825. The standard InChI is InChI=1S/C29H60NO4/c1-30(2,3)21-23-32-24-25-34-27-29(31-4)26-33-22-17-12-10-8-6-5-7-9-11-14-18-28-19-15-13-16-20-28/h28-29H,5-27H2,1-4H3/q+1. The highest BCUT2D eigenvalue weighted by atomic mass is 16.6. The lowest BCUT2D eigenvalue weighted by Crippen LogP contribution is -2.37. The van der Waals surface area contributed by atoms with Gasteiger partial charge in [-0.1, -0.05) is 96.3 Å². The minimum Gasteiger partial charge on any atom is -0.379 e. The molecule has 0 N–H and O–H groups in total. The van der Waals surface area contributed by atoms with E-state index in [1.54, 1.807) is 7.11 Å². The summed E-state index contributed by atoms with van der Waals surface area (Å²) in [4.78, 5) is 0. The van der Waals surface area contributed by atoms with Gasteiger partial charge in [0.05, 0.1) is 54.2 Å². The summed E-state index contributed by atoms with van der Waals surface area (Å²) >= 11 is 0. The molecule has 0 aromatic heterocycles. The fourth-order valence-electron chi connectivity index (χ4n) is 4.70. The predicted octanol–water partition coefficient (Wildman–Crippen LogP) is 6.63. The number of unbranched alkanes of at least 4 members (excludes halogenated alkanes) is 9. The number of hydrogen-bond donors (Lipinski definition) is 0. The first kappa shape index (κ1) is 31.8. The maximum atomic E-state index is 5.81. The molecule has 1 saturated carbocycles. The minimum absolute atomic E-state index is 0.00825. The maximum absolute atomic E-state index is 5.81. The molecule has 34 heavy (non-hydrogen) atoms. The molecular formula is C29H60NO4+. The zero-order valence-corrected chi connectivity index (χ0v) is 23.5. The zero-order valence-electron chi connectivity index (χ0n) is 23.5. The Kier molecular flexibility index (Phi) is 20.6. The Morgan fingerprint density at radius 1 is 0.618 bits per heavy atom. The monoisotopic (exact) mass is 486 g/mol. The van der Waals surface area contributed by atoms with Crippen molar-refractivity contribution < 1.29 is 23.4 Å².